The first-order valence-electron chi connectivity index (χ1n) is 7.78. The Balaban J connectivity index is 1.83. The van der Waals surface area contributed by atoms with Crippen molar-refractivity contribution in [2.45, 2.75) is 32.2 Å². The van der Waals surface area contributed by atoms with E-state index in [0.717, 1.165) is 17.7 Å². The summed E-state index contributed by atoms with van der Waals surface area (Å²) in [7, 11) is 3.19. The minimum atomic E-state index is -0.284. The average Bonchev–Trinajstić information content (AvgIpc) is 2.75. The van der Waals surface area contributed by atoms with Crippen LogP contribution in [-0.2, 0) is 20.6 Å². The molecule has 0 saturated carbocycles. The molecule has 0 aromatic carbocycles. The van der Waals surface area contributed by atoms with Crippen molar-refractivity contribution in [3.05, 3.63) is 32.6 Å². The van der Waals surface area contributed by atoms with Crippen molar-refractivity contribution in [3.8, 4) is 0 Å². The van der Waals surface area contributed by atoms with E-state index in [9.17, 15) is 9.59 Å². The van der Waals surface area contributed by atoms with Gasteiger partial charge in [0.15, 0.2) is 0 Å². The summed E-state index contributed by atoms with van der Waals surface area (Å²) in [6.45, 7) is 4.76. The Morgan fingerprint density at radius 3 is 2.43 bits per heavy atom. The van der Waals surface area contributed by atoms with Gasteiger partial charge in [-0.3, -0.25) is 9.36 Å². The molecule has 118 valence electrons. The number of aryl methyl sites for hydroxylation is 1. The van der Waals surface area contributed by atoms with Gasteiger partial charge < -0.3 is 14.8 Å². The van der Waals surface area contributed by atoms with Crippen LogP contribution in [0.4, 0.5) is 0 Å². The molecule has 6 heteroatoms. The van der Waals surface area contributed by atoms with Gasteiger partial charge in [0.05, 0.1) is 0 Å². The number of rotatable bonds is 5. The van der Waals surface area contributed by atoms with Gasteiger partial charge in [-0.1, -0.05) is 12.8 Å². The van der Waals surface area contributed by atoms with Crippen LogP contribution in [0.1, 0.15) is 31.2 Å². The van der Waals surface area contributed by atoms with E-state index < -0.39 is 0 Å². The quantitative estimate of drug-likeness (QED) is 0.780. The Kier molecular flexibility index (Phi) is 5.76. The molecule has 1 saturated heterocycles. The molecule has 0 aliphatic carbocycles. The molecular formula is C15H26N4O2. The average molecular weight is 294 g/mol. The van der Waals surface area contributed by atoms with E-state index in [1.807, 2.05) is 0 Å². The van der Waals surface area contributed by atoms with Gasteiger partial charge in [0.2, 0.25) is 0 Å². The maximum absolute atomic E-state index is 12.0. The van der Waals surface area contributed by atoms with Gasteiger partial charge in [0.1, 0.15) is 0 Å². The van der Waals surface area contributed by atoms with Crippen LogP contribution >= 0.6 is 0 Å². The second-order valence-electron chi connectivity index (χ2n) is 5.84. The molecule has 2 rings (SSSR count). The fourth-order valence-electron chi connectivity index (χ4n) is 2.82. The summed E-state index contributed by atoms with van der Waals surface area (Å²) in [5, 5.41) is 3.31. The van der Waals surface area contributed by atoms with Crippen LogP contribution < -0.4 is 16.6 Å². The first-order chi connectivity index (χ1) is 10.1. The van der Waals surface area contributed by atoms with Crippen molar-refractivity contribution in [3.63, 3.8) is 0 Å². The molecule has 1 N–H and O–H groups in total. The molecule has 0 bridgehead atoms. The van der Waals surface area contributed by atoms with E-state index in [1.54, 1.807) is 13.2 Å². The normalized spacial score (nSPS) is 16.9. The van der Waals surface area contributed by atoms with Gasteiger partial charge in [-0.25, -0.2) is 4.79 Å². The Morgan fingerprint density at radius 2 is 1.76 bits per heavy atom. The Hall–Kier alpha value is -1.40. The number of likely N-dealkylation sites (tertiary alicyclic amines) is 1. The lowest BCUT2D eigenvalue weighted by Crippen LogP contribution is -2.40. The highest BCUT2D eigenvalue weighted by Crippen LogP contribution is 2.08. The lowest BCUT2D eigenvalue weighted by Gasteiger charge is -2.19. The summed E-state index contributed by atoms with van der Waals surface area (Å²) < 4.78 is 2.61. The maximum Gasteiger partial charge on any atom is 0.330 e. The van der Waals surface area contributed by atoms with E-state index in [0.29, 0.717) is 12.1 Å². The van der Waals surface area contributed by atoms with Crippen LogP contribution in [0.3, 0.4) is 0 Å². The first kappa shape index (κ1) is 16.0. The van der Waals surface area contributed by atoms with Crippen LogP contribution in [-0.4, -0.2) is 40.2 Å². The molecule has 0 amide bonds. The van der Waals surface area contributed by atoms with Crippen molar-refractivity contribution in [1.82, 2.24) is 19.4 Å². The van der Waals surface area contributed by atoms with Crippen molar-refractivity contribution < 1.29 is 0 Å². The van der Waals surface area contributed by atoms with E-state index >= 15 is 0 Å². The van der Waals surface area contributed by atoms with E-state index in [4.69, 9.17) is 0 Å². The summed E-state index contributed by atoms with van der Waals surface area (Å²) >= 11 is 0. The molecular weight excluding hydrogens is 268 g/mol. The third-order valence-corrected chi connectivity index (χ3v) is 4.14. The number of aromatic nitrogens is 2. The topological polar surface area (TPSA) is 59.3 Å². The predicted octanol–water partition coefficient (Wildman–Crippen LogP) is 0.0496. The Morgan fingerprint density at radius 1 is 1.10 bits per heavy atom. The number of nitrogens with one attached hydrogen (secondary N) is 1. The zero-order chi connectivity index (χ0) is 15.2. The molecule has 0 unspecified atom stereocenters. The fourth-order valence-corrected chi connectivity index (χ4v) is 2.82. The molecule has 1 aliphatic rings. The van der Waals surface area contributed by atoms with Crippen LogP contribution in [0, 0.1) is 0 Å². The summed E-state index contributed by atoms with van der Waals surface area (Å²) in [5.41, 5.74) is 0.143. The molecule has 21 heavy (non-hydrogen) atoms. The van der Waals surface area contributed by atoms with Gasteiger partial charge >= 0.3 is 5.69 Å². The molecule has 1 aromatic rings. The molecule has 1 aliphatic heterocycles. The molecule has 6 nitrogen and oxygen atoms in total. The van der Waals surface area contributed by atoms with Gasteiger partial charge in [0, 0.05) is 45.5 Å². The molecule has 0 atom stereocenters. The van der Waals surface area contributed by atoms with E-state index in [1.165, 1.54) is 50.4 Å². The minimum Gasteiger partial charge on any atom is -0.311 e. The third-order valence-electron chi connectivity index (χ3n) is 4.14. The van der Waals surface area contributed by atoms with Crippen molar-refractivity contribution >= 4 is 0 Å². The summed E-state index contributed by atoms with van der Waals surface area (Å²) in [6.07, 6.45) is 6.91. The van der Waals surface area contributed by atoms with Crippen molar-refractivity contribution in [2.24, 2.45) is 14.1 Å². The molecule has 2 heterocycles. The van der Waals surface area contributed by atoms with Crippen molar-refractivity contribution in [2.75, 3.05) is 26.2 Å². The van der Waals surface area contributed by atoms with Crippen LogP contribution in [0.15, 0.2) is 15.8 Å². The zero-order valence-electron chi connectivity index (χ0n) is 13.1. The molecule has 1 fully saturated rings. The highest BCUT2D eigenvalue weighted by atomic mass is 16.2. The maximum atomic E-state index is 12.0. The highest BCUT2D eigenvalue weighted by molar-refractivity contribution is 5.05. The third kappa shape index (κ3) is 4.28. The Labute approximate surface area is 125 Å². The van der Waals surface area contributed by atoms with E-state index in [2.05, 4.69) is 10.2 Å². The lowest BCUT2D eigenvalue weighted by molar-refractivity contribution is 0.284. The number of hydrogen-bond acceptors (Lipinski definition) is 4. The molecule has 0 spiro atoms. The number of nitrogens with zero attached hydrogens (tertiary/aromatic N) is 3. The largest absolute Gasteiger partial charge is 0.330 e. The van der Waals surface area contributed by atoms with Gasteiger partial charge in [-0.05, 0) is 25.9 Å². The van der Waals surface area contributed by atoms with Gasteiger partial charge in [0.25, 0.3) is 5.56 Å². The predicted molar refractivity (Wildman–Crippen MR) is 83.5 cm³/mol. The standard InChI is InChI=1S/C15H26N4O2/c1-17-12-13(14(20)18(2)15(17)21)11-16-7-10-19-8-5-3-4-6-9-19/h12,16H,3-11H2,1-2H3. The molecule has 1 aromatic heterocycles. The van der Waals surface area contributed by atoms with Crippen LogP contribution in [0.2, 0.25) is 0 Å². The second-order valence-corrected chi connectivity index (χ2v) is 5.84. The van der Waals surface area contributed by atoms with E-state index in [-0.39, 0.29) is 11.2 Å². The van der Waals surface area contributed by atoms with Crippen molar-refractivity contribution in [1.29, 1.82) is 0 Å². The van der Waals surface area contributed by atoms with Crippen LogP contribution in [0.5, 0.6) is 0 Å². The summed E-state index contributed by atoms with van der Waals surface area (Å²) in [4.78, 5) is 26.1. The first-order valence-corrected chi connectivity index (χ1v) is 7.78. The van der Waals surface area contributed by atoms with Gasteiger partial charge in [-0.2, -0.15) is 0 Å². The monoisotopic (exact) mass is 294 g/mol. The van der Waals surface area contributed by atoms with Crippen LogP contribution in [0.25, 0.3) is 0 Å². The Bertz CT molecular complexity index is 568. The minimum absolute atomic E-state index is 0.208. The fraction of sp³-hybridized carbons (Fsp3) is 0.733. The van der Waals surface area contributed by atoms with Gasteiger partial charge in [-0.15, -0.1) is 0 Å². The summed E-state index contributed by atoms with van der Waals surface area (Å²) in [6, 6.07) is 0. The zero-order valence-corrected chi connectivity index (χ0v) is 13.1. The smallest absolute Gasteiger partial charge is 0.311 e. The SMILES string of the molecule is Cn1cc(CNCCN2CCCCCC2)c(=O)n(C)c1=O. The summed E-state index contributed by atoms with van der Waals surface area (Å²) in [5.74, 6) is 0. The second kappa shape index (κ2) is 7.56. The molecule has 0 radical (unpaired) electrons. The lowest BCUT2D eigenvalue weighted by atomic mass is 10.2. The highest BCUT2D eigenvalue weighted by Gasteiger charge is 2.09. The number of hydrogen-bond donors (Lipinski definition) is 1.